The maximum atomic E-state index is 11.3. The molecule has 1 aromatic carbocycles. The number of hydrogen-bond acceptors (Lipinski definition) is 2. The molecule has 0 fully saturated rings. The molecule has 3 rings (SSSR count). The second-order valence-electron chi connectivity index (χ2n) is 4.67. The fraction of sp³-hybridized carbons (Fsp3) is 0.188. The van der Waals surface area contributed by atoms with Crippen LogP contribution in [0, 0.1) is 0 Å². The molecule has 19 heavy (non-hydrogen) atoms. The van der Waals surface area contributed by atoms with Crippen molar-refractivity contribution in [3.63, 3.8) is 0 Å². The maximum absolute atomic E-state index is 11.3. The van der Waals surface area contributed by atoms with E-state index in [0.29, 0.717) is 0 Å². The van der Waals surface area contributed by atoms with Crippen LogP contribution in [0.5, 0.6) is 5.75 Å². The van der Waals surface area contributed by atoms with Gasteiger partial charge < -0.3 is 14.1 Å². The number of allylic oxidation sites excluding steroid dienone is 1. The Bertz CT molecular complexity index is 622. The number of hydrogen-bond donors (Lipinski definition) is 0. The molecule has 0 saturated heterocycles. The number of aromatic nitrogens is 1. The second-order valence-corrected chi connectivity index (χ2v) is 4.67. The molecule has 0 saturated carbocycles. The smallest absolute Gasteiger partial charge is 0.133 e. The number of ether oxygens (including phenoxy) is 1. The summed E-state index contributed by atoms with van der Waals surface area (Å²) in [4.78, 5) is 11.3. The summed E-state index contributed by atoms with van der Waals surface area (Å²) < 4.78 is 7.26. The predicted octanol–water partition coefficient (Wildman–Crippen LogP) is 2.88. The maximum Gasteiger partial charge on any atom is 0.133 e. The molecular formula is C16H15NO2. The van der Waals surface area contributed by atoms with Gasteiger partial charge in [0.2, 0.25) is 0 Å². The van der Waals surface area contributed by atoms with Crippen LogP contribution in [0.25, 0.3) is 6.08 Å². The van der Waals surface area contributed by atoms with E-state index in [1.54, 1.807) is 7.11 Å². The van der Waals surface area contributed by atoms with E-state index >= 15 is 0 Å². The average molecular weight is 253 g/mol. The van der Waals surface area contributed by atoms with Crippen LogP contribution >= 0.6 is 0 Å². The van der Waals surface area contributed by atoms with E-state index in [9.17, 15) is 4.79 Å². The normalized spacial score (nSPS) is 19.4. The zero-order valence-corrected chi connectivity index (χ0v) is 10.7. The minimum Gasteiger partial charge on any atom is -0.497 e. The lowest BCUT2D eigenvalue weighted by Crippen LogP contribution is -1.97. The van der Waals surface area contributed by atoms with E-state index in [-0.39, 0.29) is 5.92 Å². The van der Waals surface area contributed by atoms with Crippen molar-refractivity contribution in [3.05, 3.63) is 59.4 Å². The van der Waals surface area contributed by atoms with E-state index in [1.807, 2.05) is 42.6 Å². The number of methoxy groups -OCH3 is 1. The third-order valence-corrected chi connectivity index (χ3v) is 3.54. The van der Waals surface area contributed by atoms with E-state index in [2.05, 4.69) is 10.6 Å². The molecule has 1 aromatic heterocycles. The first-order valence-corrected chi connectivity index (χ1v) is 6.26. The van der Waals surface area contributed by atoms with Crippen LogP contribution in [0.3, 0.4) is 0 Å². The highest BCUT2D eigenvalue weighted by atomic mass is 16.5. The zero-order chi connectivity index (χ0) is 13.2. The van der Waals surface area contributed by atoms with Crippen LogP contribution in [-0.4, -0.2) is 18.0 Å². The lowest BCUT2D eigenvalue weighted by Gasteiger charge is -2.04. The van der Waals surface area contributed by atoms with Gasteiger partial charge in [0.05, 0.1) is 13.0 Å². The highest BCUT2D eigenvalue weighted by molar-refractivity contribution is 5.73. The molecule has 0 bridgehead atoms. The second kappa shape index (κ2) is 4.76. The Labute approximate surface area is 112 Å². The summed E-state index contributed by atoms with van der Waals surface area (Å²) in [5.41, 5.74) is 3.30. The van der Waals surface area contributed by atoms with Crippen molar-refractivity contribution in [1.82, 2.24) is 4.57 Å². The number of rotatable bonds is 3. The number of aldehydes is 1. The van der Waals surface area contributed by atoms with Crippen molar-refractivity contribution in [2.24, 2.45) is 0 Å². The fourth-order valence-corrected chi connectivity index (χ4v) is 2.55. The molecule has 1 atom stereocenters. The summed E-state index contributed by atoms with van der Waals surface area (Å²) in [7, 11) is 1.65. The third kappa shape index (κ3) is 2.08. The highest BCUT2D eigenvalue weighted by Gasteiger charge is 2.26. The van der Waals surface area contributed by atoms with Crippen LogP contribution in [-0.2, 0) is 11.3 Å². The van der Waals surface area contributed by atoms with Gasteiger partial charge in [0, 0.05) is 18.4 Å². The van der Waals surface area contributed by atoms with Crippen LogP contribution < -0.4 is 4.74 Å². The number of benzene rings is 1. The third-order valence-electron chi connectivity index (χ3n) is 3.54. The molecule has 1 aliphatic heterocycles. The van der Waals surface area contributed by atoms with E-state index in [0.717, 1.165) is 35.4 Å². The topological polar surface area (TPSA) is 31.2 Å². The lowest BCUT2D eigenvalue weighted by atomic mass is 9.98. The van der Waals surface area contributed by atoms with Crippen molar-refractivity contribution in [2.75, 3.05) is 7.11 Å². The minimum absolute atomic E-state index is 0.114. The molecule has 0 amide bonds. The molecule has 2 aromatic rings. The molecular weight excluding hydrogens is 238 g/mol. The van der Waals surface area contributed by atoms with Crippen LogP contribution in [0.15, 0.2) is 48.2 Å². The van der Waals surface area contributed by atoms with Crippen molar-refractivity contribution in [2.45, 2.75) is 12.5 Å². The Morgan fingerprint density at radius 3 is 2.74 bits per heavy atom. The summed E-state index contributed by atoms with van der Waals surface area (Å²) in [6.07, 6.45) is 5.13. The standard InChI is InChI=1S/C16H15NO2/c1-19-14-6-4-12(5-7-14)9-13-10-17-8-2-3-16(17)15(13)11-18/h2-9,11,15H,10H2,1H3/b13-9-. The molecule has 3 heteroatoms. The Kier molecular flexibility index (Phi) is 2.95. The summed E-state index contributed by atoms with van der Waals surface area (Å²) in [5, 5.41) is 0. The Hall–Kier alpha value is -2.29. The highest BCUT2D eigenvalue weighted by Crippen LogP contribution is 2.33. The number of nitrogens with zero attached hydrogens (tertiary/aromatic N) is 1. The van der Waals surface area contributed by atoms with Crippen molar-refractivity contribution in [1.29, 1.82) is 0 Å². The van der Waals surface area contributed by atoms with Crippen molar-refractivity contribution >= 4 is 12.4 Å². The Morgan fingerprint density at radius 2 is 2.05 bits per heavy atom. The van der Waals surface area contributed by atoms with Gasteiger partial charge in [-0.3, -0.25) is 0 Å². The van der Waals surface area contributed by atoms with Crippen LogP contribution in [0.4, 0.5) is 0 Å². The summed E-state index contributed by atoms with van der Waals surface area (Å²) in [6.45, 7) is 0.789. The first-order valence-electron chi connectivity index (χ1n) is 6.26. The molecule has 0 N–H and O–H groups in total. The average Bonchev–Trinajstić information content (AvgIpc) is 3.00. The first-order chi connectivity index (χ1) is 9.31. The molecule has 96 valence electrons. The zero-order valence-electron chi connectivity index (χ0n) is 10.7. The quantitative estimate of drug-likeness (QED) is 0.788. The van der Waals surface area contributed by atoms with Gasteiger partial charge in [-0.05, 0) is 35.4 Å². The van der Waals surface area contributed by atoms with Gasteiger partial charge in [-0.15, -0.1) is 0 Å². The van der Waals surface area contributed by atoms with E-state index < -0.39 is 0 Å². The van der Waals surface area contributed by atoms with E-state index in [4.69, 9.17) is 4.74 Å². The fourth-order valence-electron chi connectivity index (χ4n) is 2.55. The molecule has 1 unspecified atom stereocenters. The number of carbonyl (C=O) groups is 1. The minimum atomic E-state index is -0.114. The molecule has 1 aliphatic rings. The number of fused-ring (bicyclic) bond motifs is 1. The Balaban J connectivity index is 1.91. The van der Waals surface area contributed by atoms with Gasteiger partial charge in [0.25, 0.3) is 0 Å². The van der Waals surface area contributed by atoms with Gasteiger partial charge >= 0.3 is 0 Å². The van der Waals surface area contributed by atoms with Crippen LogP contribution in [0.2, 0.25) is 0 Å². The van der Waals surface area contributed by atoms with Gasteiger partial charge in [0.1, 0.15) is 12.0 Å². The lowest BCUT2D eigenvalue weighted by molar-refractivity contribution is -0.108. The van der Waals surface area contributed by atoms with Crippen molar-refractivity contribution in [3.8, 4) is 5.75 Å². The largest absolute Gasteiger partial charge is 0.497 e. The van der Waals surface area contributed by atoms with Gasteiger partial charge in [0.15, 0.2) is 0 Å². The molecule has 2 heterocycles. The van der Waals surface area contributed by atoms with Gasteiger partial charge in [-0.25, -0.2) is 0 Å². The summed E-state index contributed by atoms with van der Waals surface area (Å²) >= 11 is 0. The number of carbonyl (C=O) groups excluding carboxylic acids is 1. The van der Waals surface area contributed by atoms with Crippen molar-refractivity contribution < 1.29 is 9.53 Å². The van der Waals surface area contributed by atoms with Gasteiger partial charge in [-0.1, -0.05) is 18.2 Å². The molecule has 0 aliphatic carbocycles. The Morgan fingerprint density at radius 1 is 1.26 bits per heavy atom. The summed E-state index contributed by atoms with van der Waals surface area (Å²) in [5.74, 6) is 0.726. The molecule has 0 radical (unpaired) electrons. The predicted molar refractivity (Wildman–Crippen MR) is 74.2 cm³/mol. The monoisotopic (exact) mass is 253 g/mol. The molecule has 3 nitrogen and oxygen atoms in total. The SMILES string of the molecule is COc1ccc(/C=C2/Cn3cccc3C2C=O)cc1. The van der Waals surface area contributed by atoms with Gasteiger partial charge in [-0.2, -0.15) is 0 Å². The van der Waals surface area contributed by atoms with Crippen LogP contribution in [0.1, 0.15) is 17.2 Å². The summed E-state index contributed by atoms with van der Waals surface area (Å²) in [6, 6.07) is 11.8. The first kappa shape index (κ1) is 11.8. The van der Waals surface area contributed by atoms with E-state index in [1.165, 1.54) is 0 Å². The molecule has 0 spiro atoms.